The number of carbonyl (C=O) groups excluding carboxylic acids is 2. The van der Waals surface area contributed by atoms with Gasteiger partial charge in [-0.1, -0.05) is 45.0 Å². The maximum absolute atomic E-state index is 14.0. The number of piperidine rings is 1. The van der Waals surface area contributed by atoms with Crippen molar-refractivity contribution in [3.05, 3.63) is 71.3 Å². The number of hydrogen-bond acceptors (Lipinski definition) is 4. The van der Waals surface area contributed by atoms with Gasteiger partial charge in [-0.15, -0.1) is 0 Å². The minimum absolute atomic E-state index is 0.0798. The van der Waals surface area contributed by atoms with Gasteiger partial charge in [0.05, 0.1) is 0 Å². The summed E-state index contributed by atoms with van der Waals surface area (Å²) in [5.74, 6) is -0.769. The second kappa shape index (κ2) is 13.0. The predicted molar refractivity (Wildman–Crippen MR) is 151 cm³/mol. The van der Waals surface area contributed by atoms with Crippen molar-refractivity contribution in [2.24, 2.45) is 11.3 Å². The molecular formula is C32H44F2N2O3. The van der Waals surface area contributed by atoms with Crippen molar-refractivity contribution in [1.82, 2.24) is 10.2 Å². The predicted octanol–water partition coefficient (Wildman–Crippen LogP) is 7.10. The number of amides is 1. The van der Waals surface area contributed by atoms with Crippen LogP contribution in [0.3, 0.4) is 0 Å². The van der Waals surface area contributed by atoms with Crippen molar-refractivity contribution in [3.63, 3.8) is 0 Å². The van der Waals surface area contributed by atoms with Crippen LogP contribution in [-0.4, -0.2) is 48.1 Å². The van der Waals surface area contributed by atoms with E-state index in [1.165, 1.54) is 24.3 Å². The Balaban J connectivity index is 1.57. The molecule has 1 amide bonds. The van der Waals surface area contributed by atoms with Gasteiger partial charge in [-0.3, -0.25) is 4.79 Å². The number of likely N-dealkylation sites (tertiary alicyclic amines) is 1. The fourth-order valence-corrected chi connectivity index (χ4v) is 5.12. The standard InChI is InChI=1S/C32H44F2N2O3/c1-31(2,3)29(35-30(38)39-32(4,5)6)21-36-15-13-22(14-16-36)17-27(37)20-28(23-9-7-11-25(33)18-23)24-10-8-12-26(34)19-24/h7-12,18-19,22,28-29H,13-17,20-21H2,1-6H3,(H,35,38). The molecule has 214 valence electrons. The van der Waals surface area contributed by atoms with E-state index in [-0.39, 0.29) is 41.2 Å². The smallest absolute Gasteiger partial charge is 0.407 e. The number of ether oxygens (including phenoxy) is 1. The lowest BCUT2D eigenvalue weighted by Gasteiger charge is -2.39. The normalized spacial score (nSPS) is 16.2. The molecule has 0 aliphatic carbocycles. The van der Waals surface area contributed by atoms with E-state index < -0.39 is 17.6 Å². The van der Waals surface area contributed by atoms with Crippen LogP contribution < -0.4 is 5.32 Å². The van der Waals surface area contributed by atoms with Crippen molar-refractivity contribution in [2.75, 3.05) is 19.6 Å². The summed E-state index contributed by atoms with van der Waals surface area (Å²) in [6.45, 7) is 14.3. The van der Waals surface area contributed by atoms with E-state index >= 15 is 0 Å². The minimum Gasteiger partial charge on any atom is -0.444 e. The van der Waals surface area contributed by atoms with Crippen molar-refractivity contribution < 1.29 is 23.1 Å². The second-order valence-corrected chi connectivity index (χ2v) is 12.9. The average Bonchev–Trinajstić information content (AvgIpc) is 2.81. The molecule has 1 saturated heterocycles. The molecule has 1 heterocycles. The lowest BCUT2D eigenvalue weighted by molar-refractivity contribution is -0.120. The summed E-state index contributed by atoms with van der Waals surface area (Å²) in [6.07, 6.45) is 2.03. The number of halogens is 2. The van der Waals surface area contributed by atoms with Crippen LogP contribution in [-0.2, 0) is 9.53 Å². The number of nitrogens with one attached hydrogen (secondary N) is 1. The monoisotopic (exact) mass is 542 g/mol. The number of nitrogens with zero attached hydrogens (tertiary/aromatic N) is 1. The molecule has 2 aromatic rings. The number of carbonyl (C=O) groups is 2. The highest BCUT2D eigenvalue weighted by molar-refractivity contribution is 5.80. The molecule has 1 atom stereocenters. The Morgan fingerprint density at radius 2 is 1.49 bits per heavy atom. The Morgan fingerprint density at radius 1 is 0.949 bits per heavy atom. The van der Waals surface area contributed by atoms with Crippen LogP contribution in [0, 0.1) is 23.0 Å². The lowest BCUT2D eigenvalue weighted by Crippen LogP contribution is -2.53. The van der Waals surface area contributed by atoms with Crippen LogP contribution in [0.5, 0.6) is 0 Å². The van der Waals surface area contributed by atoms with Gasteiger partial charge in [-0.2, -0.15) is 0 Å². The molecule has 39 heavy (non-hydrogen) atoms. The van der Waals surface area contributed by atoms with E-state index in [4.69, 9.17) is 4.74 Å². The van der Waals surface area contributed by atoms with E-state index in [0.717, 1.165) is 25.9 Å². The zero-order valence-electron chi connectivity index (χ0n) is 24.2. The van der Waals surface area contributed by atoms with Gasteiger partial charge in [0.1, 0.15) is 23.0 Å². The molecule has 2 aromatic carbocycles. The van der Waals surface area contributed by atoms with Crippen LogP contribution in [0.15, 0.2) is 48.5 Å². The van der Waals surface area contributed by atoms with Gasteiger partial charge in [-0.05, 0) is 93.4 Å². The maximum Gasteiger partial charge on any atom is 0.407 e. The highest BCUT2D eigenvalue weighted by Crippen LogP contribution is 2.32. The molecule has 1 aliphatic heterocycles. The fourth-order valence-electron chi connectivity index (χ4n) is 5.12. The first-order valence-electron chi connectivity index (χ1n) is 13.9. The number of hydrogen-bond donors (Lipinski definition) is 1. The van der Waals surface area contributed by atoms with Crippen molar-refractivity contribution in [2.45, 2.75) is 84.8 Å². The second-order valence-electron chi connectivity index (χ2n) is 12.9. The van der Waals surface area contributed by atoms with Crippen LogP contribution in [0.1, 0.15) is 84.3 Å². The third-order valence-corrected chi connectivity index (χ3v) is 7.33. The quantitative estimate of drug-likeness (QED) is 0.367. The summed E-state index contributed by atoms with van der Waals surface area (Å²) in [6, 6.07) is 12.4. The van der Waals surface area contributed by atoms with Gasteiger partial charge < -0.3 is 15.0 Å². The molecule has 7 heteroatoms. The SMILES string of the molecule is CC(C)(C)OC(=O)NC(CN1CCC(CC(=O)CC(c2cccc(F)c2)c2cccc(F)c2)CC1)C(C)(C)C. The Kier molecular flexibility index (Phi) is 10.3. The number of alkyl carbamates (subject to hydrolysis) is 1. The molecule has 0 spiro atoms. The first-order valence-corrected chi connectivity index (χ1v) is 13.9. The highest BCUT2D eigenvalue weighted by Gasteiger charge is 2.32. The van der Waals surface area contributed by atoms with Gasteiger partial charge in [0, 0.05) is 31.3 Å². The van der Waals surface area contributed by atoms with Gasteiger partial charge in [0.2, 0.25) is 0 Å². The Morgan fingerprint density at radius 3 is 1.95 bits per heavy atom. The van der Waals surface area contributed by atoms with E-state index in [9.17, 15) is 18.4 Å². The molecule has 1 unspecified atom stereocenters. The lowest BCUT2D eigenvalue weighted by atomic mass is 9.83. The number of rotatable bonds is 9. The first kappa shape index (κ1) is 30.7. The highest BCUT2D eigenvalue weighted by atomic mass is 19.1. The Hall–Kier alpha value is -2.80. The summed E-state index contributed by atoms with van der Waals surface area (Å²) in [5, 5.41) is 3.05. The fraction of sp³-hybridized carbons (Fsp3) is 0.562. The molecule has 5 nitrogen and oxygen atoms in total. The third-order valence-electron chi connectivity index (χ3n) is 7.33. The van der Waals surface area contributed by atoms with Crippen molar-refractivity contribution >= 4 is 11.9 Å². The van der Waals surface area contributed by atoms with E-state index in [1.807, 2.05) is 20.8 Å². The van der Waals surface area contributed by atoms with Crippen molar-refractivity contribution in [1.29, 1.82) is 0 Å². The molecule has 3 rings (SSSR count). The molecule has 0 aromatic heterocycles. The summed E-state index contributed by atoms with van der Waals surface area (Å²) in [7, 11) is 0. The molecular weight excluding hydrogens is 498 g/mol. The summed E-state index contributed by atoms with van der Waals surface area (Å²) < 4.78 is 33.4. The van der Waals surface area contributed by atoms with E-state index in [0.29, 0.717) is 24.1 Å². The van der Waals surface area contributed by atoms with Crippen LogP contribution in [0.25, 0.3) is 0 Å². The van der Waals surface area contributed by atoms with E-state index in [1.54, 1.807) is 24.3 Å². The maximum atomic E-state index is 14.0. The van der Waals surface area contributed by atoms with Gasteiger partial charge in [-0.25, -0.2) is 13.6 Å². The van der Waals surface area contributed by atoms with Crippen molar-refractivity contribution in [3.8, 4) is 0 Å². The van der Waals surface area contributed by atoms with Gasteiger partial charge >= 0.3 is 6.09 Å². The van der Waals surface area contributed by atoms with Crippen LogP contribution in [0.2, 0.25) is 0 Å². The number of ketones is 1. The molecule has 1 N–H and O–H groups in total. The molecule has 0 bridgehead atoms. The summed E-state index contributed by atoms with van der Waals surface area (Å²) >= 11 is 0. The first-order chi connectivity index (χ1) is 18.2. The molecule has 0 saturated carbocycles. The van der Waals surface area contributed by atoms with E-state index in [2.05, 4.69) is 31.0 Å². The zero-order valence-corrected chi connectivity index (χ0v) is 24.2. The van der Waals surface area contributed by atoms with Crippen LogP contribution in [0.4, 0.5) is 13.6 Å². The molecule has 1 aliphatic rings. The topological polar surface area (TPSA) is 58.6 Å². The Labute approximate surface area is 232 Å². The van der Waals surface area contributed by atoms with Crippen LogP contribution >= 0.6 is 0 Å². The third kappa shape index (κ3) is 10.0. The zero-order chi connectivity index (χ0) is 28.8. The largest absolute Gasteiger partial charge is 0.444 e. The number of Topliss-reactive ketones (excluding diaryl/α,β-unsaturated/α-hetero) is 1. The molecule has 0 radical (unpaired) electrons. The summed E-state index contributed by atoms with van der Waals surface area (Å²) in [5.41, 5.74) is 0.649. The average molecular weight is 543 g/mol. The minimum atomic E-state index is -0.556. The summed E-state index contributed by atoms with van der Waals surface area (Å²) in [4.78, 5) is 28.0. The van der Waals surface area contributed by atoms with Gasteiger partial charge in [0.25, 0.3) is 0 Å². The number of benzene rings is 2. The van der Waals surface area contributed by atoms with Gasteiger partial charge in [0.15, 0.2) is 0 Å². The molecule has 1 fully saturated rings. The Bertz CT molecular complexity index is 1070.